The maximum absolute atomic E-state index is 2.48. The molecule has 0 atom stereocenters. The van der Waals surface area contributed by atoms with Crippen LogP contribution in [0.5, 0.6) is 0 Å². The second-order valence-electron chi connectivity index (χ2n) is 15.1. The highest BCUT2D eigenvalue weighted by Gasteiger charge is 2.37. The maximum Gasteiger partial charge on any atom is 0.0540 e. The summed E-state index contributed by atoms with van der Waals surface area (Å²) in [4.78, 5) is 2.48. The summed E-state index contributed by atoms with van der Waals surface area (Å²) in [7, 11) is 0. The zero-order chi connectivity index (χ0) is 34.8. The summed E-state index contributed by atoms with van der Waals surface area (Å²) in [5.41, 5.74) is 17.0. The van der Waals surface area contributed by atoms with E-state index in [1.54, 1.807) is 0 Å². The highest BCUT2D eigenvalue weighted by Crippen LogP contribution is 2.53. The van der Waals surface area contributed by atoms with Gasteiger partial charge in [0, 0.05) is 22.4 Å². The number of para-hydroxylation sites is 1. The molecule has 0 amide bonds. The molecule has 0 heterocycles. The molecule has 0 unspecified atom stereocenters. The molecular formula is C51H41N. The summed E-state index contributed by atoms with van der Waals surface area (Å²) in [6, 6.07) is 61.2. The molecule has 8 aromatic rings. The Hall–Kier alpha value is -5.92. The molecular weight excluding hydrogens is 627 g/mol. The Morgan fingerprint density at radius 2 is 1.10 bits per heavy atom. The first-order valence-electron chi connectivity index (χ1n) is 18.8. The molecule has 0 radical (unpaired) electrons. The van der Waals surface area contributed by atoms with Gasteiger partial charge >= 0.3 is 0 Å². The summed E-state index contributed by atoms with van der Waals surface area (Å²) in [5.74, 6) is 0. The largest absolute Gasteiger partial charge is 0.310 e. The van der Waals surface area contributed by atoms with Crippen LogP contribution in [0.15, 0.2) is 164 Å². The lowest BCUT2D eigenvalue weighted by Crippen LogP contribution is -2.17. The molecule has 2 aliphatic carbocycles. The van der Waals surface area contributed by atoms with Crippen LogP contribution in [-0.4, -0.2) is 0 Å². The van der Waals surface area contributed by atoms with E-state index in [-0.39, 0.29) is 5.41 Å². The van der Waals surface area contributed by atoms with Crippen molar-refractivity contribution in [2.75, 3.05) is 4.90 Å². The Bertz CT molecular complexity index is 2650. The van der Waals surface area contributed by atoms with Crippen molar-refractivity contribution >= 4 is 38.6 Å². The number of hydrogen-bond acceptors (Lipinski definition) is 1. The highest BCUT2D eigenvalue weighted by molar-refractivity contribution is 6.02. The maximum atomic E-state index is 2.48. The Morgan fingerprint density at radius 1 is 0.462 bits per heavy atom. The van der Waals surface area contributed by atoms with Gasteiger partial charge in [0.05, 0.1) is 5.69 Å². The van der Waals surface area contributed by atoms with Crippen molar-refractivity contribution in [1.82, 2.24) is 0 Å². The van der Waals surface area contributed by atoms with E-state index in [0.29, 0.717) is 0 Å². The lowest BCUT2D eigenvalue weighted by atomic mass is 9.80. The van der Waals surface area contributed by atoms with E-state index in [1.165, 1.54) is 114 Å². The molecule has 0 saturated carbocycles. The number of hydrogen-bond donors (Lipinski definition) is 0. The number of rotatable bonds is 5. The summed E-state index contributed by atoms with van der Waals surface area (Å²) in [6.07, 6.45) is 4.92. The van der Waals surface area contributed by atoms with Crippen molar-refractivity contribution in [3.8, 4) is 33.4 Å². The molecule has 0 spiro atoms. The average molecular weight is 668 g/mol. The van der Waals surface area contributed by atoms with Gasteiger partial charge < -0.3 is 4.90 Å². The Kier molecular flexibility index (Phi) is 7.18. The molecule has 52 heavy (non-hydrogen) atoms. The van der Waals surface area contributed by atoms with Gasteiger partial charge in [-0.15, -0.1) is 0 Å². The van der Waals surface area contributed by atoms with Crippen LogP contribution < -0.4 is 4.90 Å². The predicted molar refractivity (Wildman–Crippen MR) is 221 cm³/mol. The minimum atomic E-state index is -0.154. The Morgan fingerprint density at radius 3 is 1.96 bits per heavy atom. The zero-order valence-corrected chi connectivity index (χ0v) is 29.9. The van der Waals surface area contributed by atoms with Crippen LogP contribution >= 0.6 is 0 Å². The van der Waals surface area contributed by atoms with Crippen LogP contribution in [0, 0.1) is 0 Å². The second kappa shape index (κ2) is 12.1. The van der Waals surface area contributed by atoms with Gasteiger partial charge in [-0.05, 0) is 128 Å². The van der Waals surface area contributed by atoms with Crippen LogP contribution in [0.2, 0.25) is 0 Å². The van der Waals surface area contributed by atoms with Crippen LogP contribution in [0.25, 0.3) is 54.9 Å². The van der Waals surface area contributed by atoms with E-state index >= 15 is 0 Å². The third-order valence-electron chi connectivity index (χ3n) is 11.8. The van der Waals surface area contributed by atoms with Gasteiger partial charge in [0.15, 0.2) is 0 Å². The fourth-order valence-electron chi connectivity index (χ4n) is 9.35. The molecule has 1 heteroatoms. The molecule has 1 nitrogen and oxygen atoms in total. The van der Waals surface area contributed by atoms with E-state index in [9.17, 15) is 0 Å². The van der Waals surface area contributed by atoms with Gasteiger partial charge in [-0.25, -0.2) is 0 Å². The van der Waals surface area contributed by atoms with E-state index in [2.05, 4.69) is 183 Å². The quantitative estimate of drug-likeness (QED) is 0.177. The average Bonchev–Trinajstić information content (AvgIpc) is 3.44. The first kappa shape index (κ1) is 30.9. The molecule has 0 saturated heterocycles. The lowest BCUT2D eigenvalue weighted by Gasteiger charge is -2.30. The first-order valence-corrected chi connectivity index (χ1v) is 18.8. The van der Waals surface area contributed by atoms with E-state index in [1.807, 2.05) is 0 Å². The van der Waals surface area contributed by atoms with Crippen molar-refractivity contribution in [1.29, 1.82) is 0 Å². The normalized spacial score (nSPS) is 14.2. The first-order chi connectivity index (χ1) is 25.6. The molecule has 10 rings (SSSR count). The number of aryl methyl sites for hydroxylation is 1. The van der Waals surface area contributed by atoms with Crippen LogP contribution in [0.4, 0.5) is 17.1 Å². The molecule has 0 aromatic heterocycles. The third kappa shape index (κ3) is 4.83. The van der Waals surface area contributed by atoms with Crippen molar-refractivity contribution in [3.63, 3.8) is 0 Å². The number of nitrogens with zero attached hydrogens (tertiary/aromatic N) is 1. The molecule has 0 bridgehead atoms. The minimum absolute atomic E-state index is 0.154. The van der Waals surface area contributed by atoms with Crippen molar-refractivity contribution in [2.24, 2.45) is 0 Å². The van der Waals surface area contributed by atoms with E-state index < -0.39 is 0 Å². The van der Waals surface area contributed by atoms with E-state index in [4.69, 9.17) is 0 Å². The van der Waals surface area contributed by atoms with Crippen molar-refractivity contribution < 1.29 is 0 Å². The monoisotopic (exact) mass is 667 g/mol. The van der Waals surface area contributed by atoms with Gasteiger partial charge in [-0.1, -0.05) is 147 Å². The smallest absolute Gasteiger partial charge is 0.0540 e. The minimum Gasteiger partial charge on any atom is -0.310 e. The van der Waals surface area contributed by atoms with Gasteiger partial charge in [-0.2, -0.15) is 0 Å². The summed E-state index contributed by atoms with van der Waals surface area (Å²) in [6.45, 7) is 4.80. The summed E-state index contributed by atoms with van der Waals surface area (Å²) in [5, 5.41) is 5.16. The molecule has 0 aliphatic heterocycles. The fraction of sp³-hybridized carbons (Fsp3) is 0.137. The van der Waals surface area contributed by atoms with Gasteiger partial charge in [0.25, 0.3) is 0 Å². The number of fused-ring (bicyclic) bond motifs is 7. The zero-order valence-electron chi connectivity index (χ0n) is 29.9. The van der Waals surface area contributed by atoms with Crippen molar-refractivity contribution in [3.05, 3.63) is 186 Å². The second-order valence-corrected chi connectivity index (χ2v) is 15.1. The Labute approximate surface area is 306 Å². The standard InChI is InChI=1S/C51H41N/c1-51(2)48-33-39(30-32-45(48)47-31-27-36-15-5-8-20-43(36)50(47)51)52(38-28-25-37(26-29-38)41-22-11-16-34-13-3-6-18-40(34)41)49-24-10-9-21-46(49)44-23-12-17-35-14-4-7-19-42(35)44/h4-5,7-12,14-17,19-33H,3,6,13,18H2,1-2H3. The van der Waals surface area contributed by atoms with Crippen molar-refractivity contribution in [2.45, 2.75) is 44.9 Å². The van der Waals surface area contributed by atoms with Gasteiger partial charge in [-0.3, -0.25) is 0 Å². The Balaban J connectivity index is 1.16. The molecule has 2 aliphatic rings. The molecule has 0 fully saturated rings. The third-order valence-corrected chi connectivity index (χ3v) is 11.8. The molecule has 250 valence electrons. The lowest BCUT2D eigenvalue weighted by molar-refractivity contribution is 0.666. The van der Waals surface area contributed by atoms with Gasteiger partial charge in [0.2, 0.25) is 0 Å². The van der Waals surface area contributed by atoms with Crippen LogP contribution in [0.3, 0.4) is 0 Å². The van der Waals surface area contributed by atoms with Crippen LogP contribution in [-0.2, 0) is 18.3 Å². The van der Waals surface area contributed by atoms with E-state index in [0.717, 1.165) is 5.69 Å². The van der Waals surface area contributed by atoms with Gasteiger partial charge in [0.1, 0.15) is 0 Å². The SMILES string of the molecule is CC1(C)c2cc(N(c3ccc(-c4cccc5c4CCCC5)cc3)c3ccccc3-c3cccc4ccccc34)ccc2-c2ccc3ccccc3c21. The molecule has 8 aromatic carbocycles. The van der Waals surface area contributed by atoms with Crippen LogP contribution in [0.1, 0.15) is 48.9 Å². The molecule has 0 N–H and O–H groups in total. The number of benzene rings is 8. The summed E-state index contributed by atoms with van der Waals surface area (Å²) < 4.78 is 0. The fourth-order valence-corrected chi connectivity index (χ4v) is 9.35. The topological polar surface area (TPSA) is 3.24 Å². The summed E-state index contributed by atoms with van der Waals surface area (Å²) >= 11 is 0. The number of anilines is 3. The predicted octanol–water partition coefficient (Wildman–Crippen LogP) is 14.0. The highest BCUT2D eigenvalue weighted by atomic mass is 15.1.